The summed E-state index contributed by atoms with van der Waals surface area (Å²) in [5.41, 5.74) is 2.12. The fourth-order valence-corrected chi connectivity index (χ4v) is 4.96. The molecule has 1 saturated heterocycles. The number of rotatable bonds is 5. The minimum absolute atomic E-state index is 0.166. The van der Waals surface area contributed by atoms with Gasteiger partial charge in [-0.3, -0.25) is 9.78 Å². The molecule has 3 heterocycles. The molecule has 1 aliphatic carbocycles. The monoisotopic (exact) mass is 457 g/mol. The number of amides is 1. The van der Waals surface area contributed by atoms with Gasteiger partial charge in [-0.05, 0) is 60.6 Å². The van der Waals surface area contributed by atoms with E-state index in [9.17, 15) is 9.59 Å². The van der Waals surface area contributed by atoms with Gasteiger partial charge in [0.2, 0.25) is 5.91 Å². The molecule has 0 bridgehead atoms. The van der Waals surface area contributed by atoms with Crippen LogP contribution in [-0.4, -0.2) is 43.6 Å². The molecule has 1 amide bonds. The van der Waals surface area contributed by atoms with Gasteiger partial charge in [0.15, 0.2) is 0 Å². The molecule has 2 aromatic carbocycles. The van der Waals surface area contributed by atoms with Gasteiger partial charge in [0.05, 0.1) is 11.2 Å². The van der Waals surface area contributed by atoms with Gasteiger partial charge in [-0.1, -0.05) is 24.3 Å². The molecule has 8 heteroatoms. The van der Waals surface area contributed by atoms with Crippen LogP contribution in [0.3, 0.4) is 0 Å². The van der Waals surface area contributed by atoms with E-state index < -0.39 is 11.5 Å². The van der Waals surface area contributed by atoms with Gasteiger partial charge in [0, 0.05) is 37.0 Å². The smallest absolute Gasteiger partial charge is 0.342 e. The zero-order chi connectivity index (χ0) is 23.2. The van der Waals surface area contributed by atoms with Crippen molar-refractivity contribution in [1.82, 2.24) is 24.6 Å². The van der Waals surface area contributed by atoms with Gasteiger partial charge in [0.25, 0.3) is 0 Å². The highest BCUT2D eigenvalue weighted by Gasteiger charge is 2.37. The molecule has 1 N–H and O–H groups in total. The van der Waals surface area contributed by atoms with Crippen molar-refractivity contribution in [2.45, 2.75) is 25.7 Å². The van der Waals surface area contributed by atoms with Crippen molar-refractivity contribution in [3.8, 4) is 16.8 Å². The Morgan fingerprint density at radius 3 is 2.79 bits per heavy atom. The average molecular weight is 458 g/mol. The normalized spacial score (nSPS) is 18.0. The molecule has 1 saturated carbocycles. The minimum atomic E-state index is -0.500. The van der Waals surface area contributed by atoms with Gasteiger partial charge in [-0.2, -0.15) is 5.10 Å². The van der Waals surface area contributed by atoms with Crippen molar-refractivity contribution in [3.63, 3.8) is 0 Å². The average Bonchev–Trinajstić information content (AvgIpc) is 3.50. The van der Waals surface area contributed by atoms with E-state index in [0.29, 0.717) is 24.4 Å². The fraction of sp³-hybridized carbons (Fsp3) is 0.308. The molecule has 34 heavy (non-hydrogen) atoms. The lowest BCUT2D eigenvalue weighted by Gasteiger charge is -2.16. The first kappa shape index (κ1) is 20.8. The Morgan fingerprint density at radius 1 is 1.12 bits per heavy atom. The van der Waals surface area contributed by atoms with Crippen molar-refractivity contribution < 1.29 is 9.18 Å². The number of aromatic nitrogens is 4. The van der Waals surface area contributed by atoms with Crippen LogP contribution in [0.15, 0.2) is 59.5 Å². The second-order valence-corrected chi connectivity index (χ2v) is 9.24. The molecule has 1 atom stereocenters. The lowest BCUT2D eigenvalue weighted by molar-refractivity contribution is -0.131. The fourth-order valence-electron chi connectivity index (χ4n) is 4.96. The molecule has 2 fully saturated rings. The maximum absolute atomic E-state index is 15.4. The zero-order valence-electron chi connectivity index (χ0n) is 18.6. The Labute approximate surface area is 195 Å². The predicted molar refractivity (Wildman–Crippen MR) is 126 cm³/mol. The highest BCUT2D eigenvalue weighted by Crippen LogP contribution is 2.34. The van der Waals surface area contributed by atoms with Gasteiger partial charge in [-0.15, -0.1) is 0 Å². The zero-order valence-corrected chi connectivity index (χ0v) is 18.6. The summed E-state index contributed by atoms with van der Waals surface area (Å²) in [6.45, 7) is 1.39. The standard InChI is InChI=1S/C26H24FN5O2/c27-21-14-18(19-9-11-28-22-4-2-1-3-20(19)22)7-8-23(21)32-24(29-30-26(32)34)13-16-10-12-31(15-16)25(33)17-5-6-17/h1-4,7-9,11,14,16-17H,5-6,10,12-13,15H2,(H,30,34)/t16-/m0/s1. The minimum Gasteiger partial charge on any atom is -0.342 e. The summed E-state index contributed by atoms with van der Waals surface area (Å²) in [4.78, 5) is 31.2. The number of H-pyrrole nitrogens is 1. The number of nitrogens with one attached hydrogen (secondary N) is 1. The van der Waals surface area contributed by atoms with Gasteiger partial charge < -0.3 is 4.90 Å². The van der Waals surface area contributed by atoms with E-state index in [1.54, 1.807) is 12.3 Å². The van der Waals surface area contributed by atoms with E-state index in [1.807, 2.05) is 41.3 Å². The molecular formula is C26H24FN5O2. The highest BCUT2D eigenvalue weighted by atomic mass is 19.1. The van der Waals surface area contributed by atoms with Crippen LogP contribution in [0.4, 0.5) is 4.39 Å². The molecule has 6 rings (SSSR count). The largest absolute Gasteiger partial charge is 0.348 e. The van der Waals surface area contributed by atoms with Crippen LogP contribution >= 0.6 is 0 Å². The number of para-hydroxylation sites is 1. The van der Waals surface area contributed by atoms with E-state index in [0.717, 1.165) is 42.3 Å². The highest BCUT2D eigenvalue weighted by molar-refractivity contribution is 5.94. The van der Waals surface area contributed by atoms with Crippen molar-refractivity contribution in [2.24, 2.45) is 11.8 Å². The van der Waals surface area contributed by atoms with E-state index >= 15 is 4.39 Å². The van der Waals surface area contributed by atoms with Gasteiger partial charge in [-0.25, -0.2) is 18.9 Å². The van der Waals surface area contributed by atoms with E-state index in [1.165, 1.54) is 10.6 Å². The quantitative estimate of drug-likeness (QED) is 0.495. The number of likely N-dealkylation sites (tertiary alicyclic amines) is 1. The number of benzene rings is 2. The molecule has 0 unspecified atom stereocenters. The third kappa shape index (κ3) is 3.69. The summed E-state index contributed by atoms with van der Waals surface area (Å²) in [7, 11) is 0. The van der Waals surface area contributed by atoms with Crippen molar-refractivity contribution in [3.05, 3.63) is 76.9 Å². The summed E-state index contributed by atoms with van der Waals surface area (Å²) in [6, 6.07) is 14.5. The number of carbonyl (C=O) groups excluding carboxylic acids is 1. The topological polar surface area (TPSA) is 83.9 Å². The number of hydrogen-bond donors (Lipinski definition) is 1. The van der Waals surface area contributed by atoms with Crippen LogP contribution in [0.5, 0.6) is 0 Å². The summed E-state index contributed by atoms with van der Waals surface area (Å²) in [5, 5.41) is 7.59. The number of nitrogens with zero attached hydrogens (tertiary/aromatic N) is 4. The molecule has 2 aliphatic rings. The summed E-state index contributed by atoms with van der Waals surface area (Å²) >= 11 is 0. The molecule has 172 valence electrons. The molecular weight excluding hydrogens is 433 g/mol. The second kappa shape index (κ2) is 8.20. The first-order chi connectivity index (χ1) is 16.6. The lowest BCUT2D eigenvalue weighted by atomic mass is 10.0. The Bertz CT molecular complexity index is 1450. The Morgan fingerprint density at radius 2 is 1.97 bits per heavy atom. The predicted octanol–water partition coefficient (Wildman–Crippen LogP) is 3.72. The SMILES string of the molecule is O=C(C1CC1)N1CC[C@@H](Cc2n[nH]c(=O)n2-c2ccc(-c3ccnc4ccccc34)cc2F)C1. The molecule has 7 nitrogen and oxygen atoms in total. The summed E-state index contributed by atoms with van der Waals surface area (Å²) < 4.78 is 16.7. The van der Waals surface area contributed by atoms with Crippen LogP contribution in [-0.2, 0) is 11.2 Å². The third-order valence-electron chi connectivity index (χ3n) is 6.89. The molecule has 4 aromatic rings. The number of pyridine rings is 1. The van der Waals surface area contributed by atoms with Gasteiger partial charge in [0.1, 0.15) is 11.6 Å². The first-order valence-corrected chi connectivity index (χ1v) is 11.7. The van der Waals surface area contributed by atoms with Crippen molar-refractivity contribution in [2.75, 3.05) is 13.1 Å². The number of fused-ring (bicyclic) bond motifs is 1. The maximum Gasteiger partial charge on any atom is 0.348 e. The van der Waals surface area contributed by atoms with Crippen molar-refractivity contribution >= 4 is 16.8 Å². The lowest BCUT2D eigenvalue weighted by Crippen LogP contribution is -2.30. The van der Waals surface area contributed by atoms with E-state index in [2.05, 4.69) is 15.2 Å². The number of halogens is 1. The summed E-state index contributed by atoms with van der Waals surface area (Å²) in [5.74, 6) is 0.624. The van der Waals surface area contributed by atoms with Crippen molar-refractivity contribution in [1.29, 1.82) is 0 Å². The number of aromatic amines is 1. The maximum atomic E-state index is 15.4. The van der Waals surface area contributed by atoms with E-state index in [-0.39, 0.29) is 23.4 Å². The Balaban J connectivity index is 1.29. The van der Waals surface area contributed by atoms with Crippen LogP contribution in [0.1, 0.15) is 25.1 Å². The molecule has 0 radical (unpaired) electrons. The molecule has 2 aromatic heterocycles. The van der Waals surface area contributed by atoms with Crippen LogP contribution < -0.4 is 5.69 Å². The van der Waals surface area contributed by atoms with Crippen LogP contribution in [0.25, 0.3) is 27.7 Å². The van der Waals surface area contributed by atoms with Crippen LogP contribution in [0, 0.1) is 17.7 Å². The van der Waals surface area contributed by atoms with Crippen LogP contribution in [0.2, 0.25) is 0 Å². The number of hydrogen-bond acceptors (Lipinski definition) is 4. The first-order valence-electron chi connectivity index (χ1n) is 11.7. The van der Waals surface area contributed by atoms with Gasteiger partial charge >= 0.3 is 5.69 Å². The Kier molecular flexibility index (Phi) is 5.01. The summed E-state index contributed by atoms with van der Waals surface area (Å²) in [6.07, 6.45) is 5.05. The van der Waals surface area contributed by atoms with E-state index in [4.69, 9.17) is 0 Å². The molecule has 1 aliphatic heterocycles. The number of carbonyl (C=O) groups is 1. The Hall–Kier alpha value is -3.81. The molecule has 0 spiro atoms. The second-order valence-electron chi connectivity index (χ2n) is 9.24. The third-order valence-corrected chi connectivity index (χ3v) is 6.89.